The lowest BCUT2D eigenvalue weighted by Crippen LogP contribution is -2.67. The number of ether oxygens (including phenoxy) is 6. The molecule has 20 nitrogen and oxygen atoms in total. The van der Waals surface area contributed by atoms with E-state index in [9.17, 15) is 71.5 Å². The lowest BCUT2D eigenvalue weighted by Gasteiger charge is -2.48. The third-order valence-corrected chi connectivity index (χ3v) is 8.48. The van der Waals surface area contributed by atoms with Gasteiger partial charge in [0.15, 0.2) is 18.9 Å². The van der Waals surface area contributed by atoms with E-state index in [-0.39, 0.29) is 6.42 Å². The SMILES string of the molecule is CC(C)(C)C[C@H](O)[C@@H](O)[C@H](O[C@H]1O[C@H](CO)[C@@H](O[C@H]2O[C@H](CO)[C@@H](O[C@H]3O[C@H](CO)[C@@H](O)[C@H](O)[C@H]3O)[C@H](O)[C@H]2O)[C@H](O)[C@H]1O)[C@H](O)CO. The Morgan fingerprint density at radius 1 is 0.542 bits per heavy atom. The van der Waals surface area contributed by atoms with Crippen molar-refractivity contribution in [2.45, 2.75) is 144 Å². The Morgan fingerprint density at radius 3 is 1.40 bits per heavy atom. The van der Waals surface area contributed by atoms with Gasteiger partial charge in [0.25, 0.3) is 0 Å². The van der Waals surface area contributed by atoms with Gasteiger partial charge >= 0.3 is 0 Å². The highest BCUT2D eigenvalue weighted by atomic mass is 16.8. The van der Waals surface area contributed by atoms with Gasteiger partial charge in [0.2, 0.25) is 0 Å². The average Bonchev–Trinajstić information content (AvgIpc) is 3.04. The van der Waals surface area contributed by atoms with Crippen LogP contribution in [0.2, 0.25) is 0 Å². The van der Waals surface area contributed by atoms with Crippen LogP contribution in [0.5, 0.6) is 0 Å². The monoisotopic (exact) mass is 708 g/mol. The van der Waals surface area contributed by atoms with Gasteiger partial charge in [-0.15, -0.1) is 0 Å². The fourth-order valence-corrected chi connectivity index (χ4v) is 5.78. The highest BCUT2D eigenvalue weighted by Gasteiger charge is 2.54. The van der Waals surface area contributed by atoms with Crippen LogP contribution >= 0.6 is 0 Å². The smallest absolute Gasteiger partial charge is 0.187 e. The molecule has 0 aliphatic carbocycles. The molecule has 0 radical (unpaired) electrons. The summed E-state index contributed by atoms with van der Waals surface area (Å²) >= 11 is 0. The maximum absolute atomic E-state index is 11.0. The van der Waals surface area contributed by atoms with Crippen LogP contribution in [-0.4, -0.2) is 214 Å². The summed E-state index contributed by atoms with van der Waals surface area (Å²) in [5.74, 6) is 0. The molecule has 3 heterocycles. The van der Waals surface area contributed by atoms with Crippen molar-refractivity contribution in [1.29, 1.82) is 0 Å². The van der Waals surface area contributed by atoms with Gasteiger partial charge in [-0.05, 0) is 11.8 Å². The molecule has 3 saturated heterocycles. The second-order valence-corrected chi connectivity index (χ2v) is 13.5. The maximum Gasteiger partial charge on any atom is 0.187 e. The molecule has 0 spiro atoms. The number of aliphatic hydroxyl groups is 14. The van der Waals surface area contributed by atoms with Crippen LogP contribution in [0, 0.1) is 5.41 Å². The lowest BCUT2D eigenvalue weighted by atomic mass is 9.86. The molecule has 3 aliphatic heterocycles. The molecular formula is C28H52O20. The molecule has 19 atom stereocenters. The Morgan fingerprint density at radius 2 is 0.958 bits per heavy atom. The third-order valence-electron chi connectivity index (χ3n) is 8.48. The molecule has 284 valence electrons. The molecule has 0 bridgehead atoms. The summed E-state index contributed by atoms with van der Waals surface area (Å²) in [5, 5.41) is 144. The van der Waals surface area contributed by atoms with E-state index in [0.717, 1.165) is 0 Å². The summed E-state index contributed by atoms with van der Waals surface area (Å²) in [7, 11) is 0. The zero-order valence-electron chi connectivity index (χ0n) is 26.7. The summed E-state index contributed by atoms with van der Waals surface area (Å²) in [5.41, 5.74) is -0.473. The van der Waals surface area contributed by atoms with E-state index < -0.39 is 148 Å². The Kier molecular flexibility index (Phi) is 15.3. The molecule has 14 N–H and O–H groups in total. The number of rotatable bonds is 14. The first-order valence-electron chi connectivity index (χ1n) is 15.6. The summed E-state index contributed by atoms with van der Waals surface area (Å²) < 4.78 is 32.9. The Hall–Kier alpha value is -0.800. The Balaban J connectivity index is 1.72. The van der Waals surface area contributed by atoms with Gasteiger partial charge in [-0.1, -0.05) is 20.8 Å². The maximum atomic E-state index is 11.0. The zero-order chi connectivity index (χ0) is 36.2. The van der Waals surface area contributed by atoms with Gasteiger partial charge in [-0.25, -0.2) is 0 Å². The van der Waals surface area contributed by atoms with E-state index in [4.69, 9.17) is 28.4 Å². The van der Waals surface area contributed by atoms with Crippen LogP contribution in [0.1, 0.15) is 27.2 Å². The second kappa shape index (κ2) is 17.6. The van der Waals surface area contributed by atoms with E-state index in [2.05, 4.69) is 0 Å². The number of hydrogen-bond donors (Lipinski definition) is 14. The molecule has 0 saturated carbocycles. The van der Waals surface area contributed by atoms with Crippen LogP contribution in [0.3, 0.4) is 0 Å². The van der Waals surface area contributed by atoms with E-state index in [0.29, 0.717) is 0 Å². The van der Waals surface area contributed by atoms with Crippen molar-refractivity contribution >= 4 is 0 Å². The summed E-state index contributed by atoms with van der Waals surface area (Å²) in [6.45, 7) is 1.81. The molecule has 3 rings (SSSR count). The van der Waals surface area contributed by atoms with Crippen LogP contribution in [-0.2, 0) is 28.4 Å². The average molecular weight is 709 g/mol. The molecule has 20 heteroatoms. The third kappa shape index (κ3) is 9.54. The van der Waals surface area contributed by atoms with Crippen molar-refractivity contribution in [2.24, 2.45) is 5.41 Å². The van der Waals surface area contributed by atoms with Crippen molar-refractivity contribution in [2.75, 3.05) is 26.4 Å². The van der Waals surface area contributed by atoms with Gasteiger partial charge in [-0.2, -0.15) is 0 Å². The van der Waals surface area contributed by atoms with Gasteiger partial charge in [0.05, 0.1) is 32.5 Å². The molecule has 0 aromatic heterocycles. The van der Waals surface area contributed by atoms with Crippen molar-refractivity contribution in [1.82, 2.24) is 0 Å². The molecule has 3 fully saturated rings. The summed E-state index contributed by atoms with van der Waals surface area (Å²) in [4.78, 5) is 0. The molecule has 0 aromatic carbocycles. The van der Waals surface area contributed by atoms with Gasteiger partial charge in [-0.3, -0.25) is 0 Å². The van der Waals surface area contributed by atoms with Crippen LogP contribution in [0.15, 0.2) is 0 Å². The predicted molar refractivity (Wildman–Crippen MR) is 153 cm³/mol. The van der Waals surface area contributed by atoms with Crippen LogP contribution in [0.25, 0.3) is 0 Å². The van der Waals surface area contributed by atoms with E-state index in [1.54, 1.807) is 20.8 Å². The molecular weight excluding hydrogens is 656 g/mol. The molecule has 0 aromatic rings. The zero-order valence-corrected chi connectivity index (χ0v) is 26.7. The van der Waals surface area contributed by atoms with Crippen molar-refractivity contribution in [3.8, 4) is 0 Å². The number of aliphatic hydroxyl groups excluding tert-OH is 14. The van der Waals surface area contributed by atoms with Crippen molar-refractivity contribution in [3.63, 3.8) is 0 Å². The Labute approximate surface area is 275 Å². The largest absolute Gasteiger partial charge is 0.394 e. The number of hydrogen-bond acceptors (Lipinski definition) is 20. The van der Waals surface area contributed by atoms with Crippen LogP contribution < -0.4 is 0 Å². The highest BCUT2D eigenvalue weighted by molar-refractivity contribution is 4.97. The fourth-order valence-electron chi connectivity index (χ4n) is 5.78. The molecule has 0 amide bonds. The topological polar surface area (TPSA) is 339 Å². The van der Waals surface area contributed by atoms with Crippen molar-refractivity contribution < 1.29 is 99.9 Å². The van der Waals surface area contributed by atoms with Crippen LogP contribution in [0.4, 0.5) is 0 Å². The minimum atomic E-state index is -2.03. The lowest BCUT2D eigenvalue weighted by molar-refractivity contribution is -0.383. The Bertz CT molecular complexity index is 951. The molecule has 0 unspecified atom stereocenters. The van der Waals surface area contributed by atoms with Gasteiger partial charge < -0.3 is 99.9 Å². The summed E-state index contributed by atoms with van der Waals surface area (Å²) in [6.07, 6.45) is -33.6. The molecule has 3 aliphatic rings. The van der Waals surface area contributed by atoms with E-state index in [1.807, 2.05) is 0 Å². The minimum absolute atomic E-state index is 0.0386. The normalized spacial score (nSPS) is 43.8. The second-order valence-electron chi connectivity index (χ2n) is 13.5. The quantitative estimate of drug-likeness (QED) is 0.0796. The fraction of sp³-hybridized carbons (Fsp3) is 1.00. The highest BCUT2D eigenvalue weighted by Crippen LogP contribution is 2.33. The first-order chi connectivity index (χ1) is 22.4. The molecule has 48 heavy (non-hydrogen) atoms. The van der Waals surface area contributed by atoms with Gasteiger partial charge in [0.1, 0.15) is 91.6 Å². The van der Waals surface area contributed by atoms with Gasteiger partial charge in [0, 0.05) is 0 Å². The summed E-state index contributed by atoms with van der Waals surface area (Å²) in [6, 6.07) is 0. The van der Waals surface area contributed by atoms with Crippen molar-refractivity contribution in [3.05, 3.63) is 0 Å². The van der Waals surface area contributed by atoms with E-state index in [1.165, 1.54) is 0 Å². The van der Waals surface area contributed by atoms with E-state index >= 15 is 0 Å². The predicted octanol–water partition coefficient (Wildman–Crippen LogP) is -7.67. The first kappa shape index (κ1) is 41.6. The first-order valence-corrected chi connectivity index (χ1v) is 15.6. The minimum Gasteiger partial charge on any atom is -0.394 e. The standard InChI is InChI=1S/C28H52O20/c1-28(2,3)4-9(33)14(35)22(10(34)5-29)46-26-20(41)17(38)24(12(7-31)44-26)48-27-21(42)18(39)23(13(8-32)45-27)47-25-19(40)16(37)15(36)11(6-30)43-25/h9-27,29-42H,4-8H2,1-3H3/t9-,10+,11+,12+,13+,14+,15+,16-,17+,18+,19+,20+,21+,22+,23+,24+,25+,26+,27+/m0/s1.